The predicted octanol–water partition coefficient (Wildman–Crippen LogP) is 1.34. The van der Waals surface area contributed by atoms with Crippen molar-refractivity contribution in [2.24, 2.45) is 11.8 Å². The van der Waals surface area contributed by atoms with Crippen LogP contribution < -0.4 is 16.0 Å². The number of aliphatic hydroxyl groups excluding tert-OH is 2. The molecule has 0 spiro atoms. The molecule has 6 atom stereocenters. The number of hydrogen-bond donors (Lipinski definition) is 7. The van der Waals surface area contributed by atoms with E-state index in [1.54, 1.807) is 24.3 Å². The largest absolute Gasteiger partial charge is 0.481 e. The van der Waals surface area contributed by atoms with Crippen molar-refractivity contribution >= 4 is 40.4 Å². The van der Waals surface area contributed by atoms with Gasteiger partial charge in [-0.05, 0) is 42.0 Å². The molecule has 0 aromatic heterocycles. The summed E-state index contributed by atoms with van der Waals surface area (Å²) in [7, 11) is 0. The predicted molar refractivity (Wildman–Crippen MR) is 150 cm³/mol. The number of benzene rings is 2. The van der Waals surface area contributed by atoms with Gasteiger partial charge in [-0.3, -0.25) is 19.2 Å². The lowest BCUT2D eigenvalue weighted by Crippen LogP contribution is -2.52. The van der Waals surface area contributed by atoms with Gasteiger partial charge in [0.1, 0.15) is 12.1 Å². The molecule has 0 bridgehead atoms. The van der Waals surface area contributed by atoms with Gasteiger partial charge >= 0.3 is 11.9 Å². The lowest BCUT2D eigenvalue weighted by molar-refractivity contribution is -0.147. The molecule has 3 amide bonds. The molecule has 0 heterocycles. The first kappa shape index (κ1) is 33.2. The Morgan fingerprint density at radius 2 is 1.39 bits per heavy atom. The highest BCUT2D eigenvalue weighted by molar-refractivity contribution is 5.93. The van der Waals surface area contributed by atoms with Crippen molar-refractivity contribution in [2.75, 3.05) is 0 Å². The fraction of sp³-hybridized carbons (Fsp3) is 0.483. The van der Waals surface area contributed by atoms with Crippen molar-refractivity contribution in [3.8, 4) is 0 Å². The van der Waals surface area contributed by atoms with E-state index in [4.69, 9.17) is 10.2 Å². The SMILES string of the molecule is CC(C)CC(NC(=O)C(O)c1cccc2ccccc12)C(O)CC(C)C(=O)NC(C)C(=O)NC(CC(=O)O)C(=O)O. The second kappa shape index (κ2) is 15.1. The molecule has 2 aromatic carbocycles. The average Bonchev–Trinajstić information content (AvgIpc) is 2.90. The Morgan fingerprint density at radius 1 is 0.756 bits per heavy atom. The van der Waals surface area contributed by atoms with Crippen molar-refractivity contribution < 1.29 is 44.4 Å². The smallest absolute Gasteiger partial charge is 0.326 e. The molecule has 0 aliphatic heterocycles. The third-order valence-electron chi connectivity index (χ3n) is 6.67. The summed E-state index contributed by atoms with van der Waals surface area (Å²) in [4.78, 5) is 60.2. The summed E-state index contributed by atoms with van der Waals surface area (Å²) in [6, 6.07) is 8.96. The molecule has 224 valence electrons. The van der Waals surface area contributed by atoms with Gasteiger partial charge in [0.25, 0.3) is 5.91 Å². The van der Waals surface area contributed by atoms with Gasteiger partial charge in [-0.2, -0.15) is 0 Å². The number of aliphatic hydroxyl groups is 2. The van der Waals surface area contributed by atoms with E-state index in [2.05, 4.69) is 16.0 Å². The first-order chi connectivity index (χ1) is 19.2. The number of carbonyl (C=O) groups is 5. The van der Waals surface area contributed by atoms with E-state index < -0.39 is 72.3 Å². The molecule has 6 unspecified atom stereocenters. The molecular formula is C29H39N3O9. The number of carbonyl (C=O) groups excluding carboxylic acids is 3. The summed E-state index contributed by atoms with van der Waals surface area (Å²) >= 11 is 0. The standard InChI is InChI=1S/C29H39N3O9/c1-15(2)12-21(31-28(39)25(36)20-11-7-9-18-8-5-6-10-19(18)20)23(33)13-16(3)26(37)30-17(4)27(38)32-22(29(40)41)14-24(34)35/h5-11,15-17,21-23,25,33,36H,12-14H2,1-4H3,(H,30,37)(H,31,39)(H,32,38)(H,34,35)(H,40,41). The first-order valence-corrected chi connectivity index (χ1v) is 13.4. The molecule has 0 fully saturated rings. The van der Waals surface area contributed by atoms with Crippen LogP contribution in [-0.2, 0) is 24.0 Å². The Kier molecular flexibility index (Phi) is 12.2. The van der Waals surface area contributed by atoms with Crippen molar-refractivity contribution in [1.29, 1.82) is 0 Å². The number of carboxylic acid groups (broad SMARTS) is 2. The van der Waals surface area contributed by atoms with Crippen LogP contribution in [0.1, 0.15) is 58.6 Å². The van der Waals surface area contributed by atoms with E-state index in [0.29, 0.717) is 12.0 Å². The minimum Gasteiger partial charge on any atom is -0.481 e. The zero-order valence-electron chi connectivity index (χ0n) is 23.5. The fourth-order valence-corrected chi connectivity index (χ4v) is 4.44. The van der Waals surface area contributed by atoms with E-state index in [1.165, 1.54) is 13.8 Å². The highest BCUT2D eigenvalue weighted by atomic mass is 16.4. The summed E-state index contributed by atoms with van der Waals surface area (Å²) in [6.07, 6.45) is -3.21. The molecule has 0 saturated heterocycles. The molecule has 0 radical (unpaired) electrons. The zero-order valence-corrected chi connectivity index (χ0v) is 23.5. The van der Waals surface area contributed by atoms with E-state index in [9.17, 15) is 34.2 Å². The summed E-state index contributed by atoms with van der Waals surface area (Å²) in [6.45, 7) is 6.63. The van der Waals surface area contributed by atoms with Crippen molar-refractivity contribution in [1.82, 2.24) is 16.0 Å². The lowest BCUT2D eigenvalue weighted by Gasteiger charge is -2.29. The van der Waals surface area contributed by atoms with Gasteiger partial charge in [-0.15, -0.1) is 0 Å². The molecule has 0 saturated carbocycles. The zero-order chi connectivity index (χ0) is 30.9. The number of hydrogen-bond acceptors (Lipinski definition) is 7. The van der Waals surface area contributed by atoms with Crippen LogP contribution in [0.15, 0.2) is 42.5 Å². The van der Waals surface area contributed by atoms with Crippen LogP contribution in [0, 0.1) is 11.8 Å². The van der Waals surface area contributed by atoms with Gasteiger partial charge in [0.15, 0.2) is 6.10 Å². The maximum Gasteiger partial charge on any atom is 0.326 e. The second-order valence-electron chi connectivity index (χ2n) is 10.6. The van der Waals surface area contributed by atoms with Crippen LogP contribution in [-0.4, -0.2) is 74.3 Å². The Bertz CT molecular complexity index is 1240. The van der Waals surface area contributed by atoms with Gasteiger partial charge in [0.2, 0.25) is 11.8 Å². The van der Waals surface area contributed by atoms with Gasteiger partial charge < -0.3 is 36.4 Å². The summed E-state index contributed by atoms with van der Waals surface area (Å²) in [5.74, 6) is -5.88. The maximum absolute atomic E-state index is 13.1. The average molecular weight is 574 g/mol. The fourth-order valence-electron chi connectivity index (χ4n) is 4.44. The molecule has 12 nitrogen and oxygen atoms in total. The molecule has 0 aliphatic carbocycles. The van der Waals surface area contributed by atoms with Crippen LogP contribution in [0.25, 0.3) is 10.8 Å². The van der Waals surface area contributed by atoms with Crippen LogP contribution >= 0.6 is 0 Å². The highest BCUT2D eigenvalue weighted by Crippen LogP contribution is 2.25. The number of aliphatic carboxylic acids is 2. The van der Waals surface area contributed by atoms with E-state index in [1.807, 2.05) is 32.0 Å². The highest BCUT2D eigenvalue weighted by Gasteiger charge is 2.31. The molecular weight excluding hydrogens is 534 g/mol. The summed E-state index contributed by atoms with van der Waals surface area (Å²) in [5, 5.41) is 48.6. The van der Waals surface area contributed by atoms with Crippen LogP contribution in [0.3, 0.4) is 0 Å². The number of carboxylic acids is 2. The Labute approximate surface area is 238 Å². The van der Waals surface area contributed by atoms with E-state index >= 15 is 0 Å². The third kappa shape index (κ3) is 9.83. The van der Waals surface area contributed by atoms with Crippen LogP contribution in [0.2, 0.25) is 0 Å². The van der Waals surface area contributed by atoms with E-state index in [-0.39, 0.29) is 12.3 Å². The quantitative estimate of drug-likeness (QED) is 0.164. The number of rotatable bonds is 15. The number of fused-ring (bicyclic) bond motifs is 1. The molecule has 0 aliphatic rings. The van der Waals surface area contributed by atoms with Gasteiger partial charge in [0, 0.05) is 5.92 Å². The molecule has 2 rings (SSSR count). The van der Waals surface area contributed by atoms with Gasteiger partial charge in [0.05, 0.1) is 18.6 Å². The molecule has 12 heteroatoms. The topological polar surface area (TPSA) is 202 Å². The normalized spacial score (nSPS) is 15.7. The third-order valence-corrected chi connectivity index (χ3v) is 6.67. The first-order valence-electron chi connectivity index (χ1n) is 13.4. The Hall–Kier alpha value is -4.03. The number of nitrogens with one attached hydrogen (secondary N) is 3. The monoisotopic (exact) mass is 573 g/mol. The van der Waals surface area contributed by atoms with Crippen molar-refractivity contribution in [3.63, 3.8) is 0 Å². The molecule has 7 N–H and O–H groups in total. The number of amides is 3. The summed E-state index contributed by atoms with van der Waals surface area (Å²) in [5.41, 5.74) is 0.423. The summed E-state index contributed by atoms with van der Waals surface area (Å²) < 4.78 is 0. The van der Waals surface area contributed by atoms with Crippen molar-refractivity contribution in [3.05, 3.63) is 48.0 Å². The van der Waals surface area contributed by atoms with E-state index in [0.717, 1.165) is 10.8 Å². The minimum absolute atomic E-state index is 0.0606. The Morgan fingerprint density at radius 3 is 2.00 bits per heavy atom. The van der Waals surface area contributed by atoms with Gasteiger partial charge in [-0.1, -0.05) is 63.2 Å². The van der Waals surface area contributed by atoms with Gasteiger partial charge in [-0.25, -0.2) is 4.79 Å². The molecule has 41 heavy (non-hydrogen) atoms. The Balaban J connectivity index is 2.04. The minimum atomic E-state index is -1.66. The van der Waals surface area contributed by atoms with Crippen LogP contribution in [0.5, 0.6) is 0 Å². The second-order valence-corrected chi connectivity index (χ2v) is 10.6. The maximum atomic E-state index is 13.1. The van der Waals surface area contributed by atoms with Crippen LogP contribution in [0.4, 0.5) is 0 Å². The molecule has 2 aromatic rings. The van der Waals surface area contributed by atoms with Crippen molar-refractivity contribution in [2.45, 2.75) is 77.3 Å². The lowest BCUT2D eigenvalue weighted by atomic mass is 9.92.